The zero-order chi connectivity index (χ0) is 17.6. The van der Waals surface area contributed by atoms with Crippen molar-refractivity contribution in [2.45, 2.75) is 24.7 Å². The molecule has 6 nitrogen and oxygen atoms in total. The lowest BCUT2D eigenvalue weighted by Gasteiger charge is -2.11. The van der Waals surface area contributed by atoms with E-state index in [9.17, 15) is 13.2 Å². The van der Waals surface area contributed by atoms with Gasteiger partial charge in [0.1, 0.15) is 5.75 Å². The molecule has 0 unspecified atom stereocenters. The second kappa shape index (κ2) is 8.27. The van der Waals surface area contributed by atoms with Crippen molar-refractivity contribution in [3.8, 4) is 5.75 Å². The first kappa shape index (κ1) is 18.4. The number of benzene rings is 1. The number of hydrogen-bond acceptors (Lipinski definition) is 5. The van der Waals surface area contributed by atoms with Crippen LogP contribution in [0.3, 0.4) is 0 Å². The molecule has 0 radical (unpaired) electrons. The van der Waals surface area contributed by atoms with E-state index in [0.717, 1.165) is 6.42 Å². The summed E-state index contributed by atoms with van der Waals surface area (Å²) in [6, 6.07) is 8.08. The Bertz CT molecular complexity index is 786. The van der Waals surface area contributed by atoms with Gasteiger partial charge in [-0.25, -0.2) is 13.1 Å². The van der Waals surface area contributed by atoms with Crippen molar-refractivity contribution in [1.29, 1.82) is 0 Å². The smallest absolute Gasteiger partial charge is 0.252 e. The molecule has 0 aliphatic heterocycles. The van der Waals surface area contributed by atoms with Gasteiger partial charge < -0.3 is 10.5 Å². The summed E-state index contributed by atoms with van der Waals surface area (Å²) in [6.45, 7) is 2.44. The zero-order valence-electron chi connectivity index (χ0n) is 13.3. The van der Waals surface area contributed by atoms with Crippen LogP contribution in [0.25, 0.3) is 0 Å². The van der Waals surface area contributed by atoms with Gasteiger partial charge in [-0.05, 0) is 49.4 Å². The largest absolute Gasteiger partial charge is 0.493 e. The molecule has 1 aromatic heterocycles. The summed E-state index contributed by atoms with van der Waals surface area (Å²) in [5.41, 5.74) is 5.35. The van der Waals surface area contributed by atoms with E-state index in [2.05, 4.69) is 4.72 Å². The van der Waals surface area contributed by atoms with Crippen LogP contribution in [-0.2, 0) is 16.4 Å². The lowest BCUT2D eigenvalue weighted by molar-refractivity contribution is 0.0996. The molecule has 3 N–H and O–H groups in total. The van der Waals surface area contributed by atoms with Crippen LogP contribution in [0, 0.1) is 0 Å². The highest BCUT2D eigenvalue weighted by atomic mass is 32.2. The van der Waals surface area contributed by atoms with Gasteiger partial charge >= 0.3 is 0 Å². The van der Waals surface area contributed by atoms with Crippen LogP contribution in [0.2, 0.25) is 0 Å². The molecule has 0 fully saturated rings. The van der Waals surface area contributed by atoms with E-state index in [-0.39, 0.29) is 16.2 Å². The van der Waals surface area contributed by atoms with Gasteiger partial charge in [0.05, 0.1) is 17.1 Å². The Morgan fingerprint density at radius 1 is 1.33 bits per heavy atom. The summed E-state index contributed by atoms with van der Waals surface area (Å²) in [6.07, 6.45) is 1.51. The predicted molar refractivity (Wildman–Crippen MR) is 94.0 cm³/mol. The maximum Gasteiger partial charge on any atom is 0.252 e. The fraction of sp³-hybridized carbons (Fsp3) is 0.312. The van der Waals surface area contributed by atoms with Gasteiger partial charge in [-0.1, -0.05) is 6.07 Å². The number of rotatable bonds is 9. The van der Waals surface area contributed by atoms with E-state index < -0.39 is 15.9 Å². The van der Waals surface area contributed by atoms with Crippen LogP contribution in [-0.4, -0.2) is 27.5 Å². The number of thiophene rings is 1. The highest BCUT2D eigenvalue weighted by Crippen LogP contribution is 2.22. The number of nitrogens with two attached hydrogens (primary N) is 1. The molecule has 0 saturated heterocycles. The van der Waals surface area contributed by atoms with Crippen molar-refractivity contribution in [3.05, 3.63) is 46.2 Å². The number of ether oxygens (including phenoxy) is 1. The van der Waals surface area contributed by atoms with Crippen molar-refractivity contribution < 1.29 is 17.9 Å². The number of carbonyl (C=O) groups is 1. The van der Waals surface area contributed by atoms with Gasteiger partial charge in [0.15, 0.2) is 0 Å². The van der Waals surface area contributed by atoms with Crippen molar-refractivity contribution in [2.24, 2.45) is 5.73 Å². The summed E-state index contributed by atoms with van der Waals surface area (Å²) in [4.78, 5) is 12.7. The normalized spacial score (nSPS) is 11.4. The van der Waals surface area contributed by atoms with Crippen LogP contribution >= 0.6 is 11.3 Å². The first-order valence-electron chi connectivity index (χ1n) is 7.52. The summed E-state index contributed by atoms with van der Waals surface area (Å²) < 4.78 is 32.5. The molecule has 1 amide bonds. The third kappa shape index (κ3) is 4.80. The second-order valence-electron chi connectivity index (χ2n) is 5.04. The topological polar surface area (TPSA) is 98.5 Å². The van der Waals surface area contributed by atoms with Gasteiger partial charge in [0, 0.05) is 11.4 Å². The van der Waals surface area contributed by atoms with Crippen LogP contribution < -0.4 is 15.2 Å². The fourth-order valence-corrected chi connectivity index (χ4v) is 4.01. The Hall–Kier alpha value is -1.90. The molecule has 130 valence electrons. The van der Waals surface area contributed by atoms with Gasteiger partial charge in [-0.2, -0.15) is 0 Å². The molecule has 1 heterocycles. The Labute approximate surface area is 145 Å². The lowest BCUT2D eigenvalue weighted by atomic mass is 10.2. The number of amides is 1. The lowest BCUT2D eigenvalue weighted by Crippen LogP contribution is -2.25. The maximum atomic E-state index is 12.3. The summed E-state index contributed by atoms with van der Waals surface area (Å²) in [7, 11) is -3.70. The summed E-state index contributed by atoms with van der Waals surface area (Å²) >= 11 is 1.65. The van der Waals surface area contributed by atoms with E-state index in [1.807, 2.05) is 17.5 Å². The molecule has 2 rings (SSSR count). The quantitative estimate of drug-likeness (QED) is 0.663. The molecular weight excluding hydrogens is 348 g/mol. The predicted octanol–water partition coefficient (Wildman–Crippen LogP) is 2.16. The molecule has 0 bridgehead atoms. The minimum Gasteiger partial charge on any atom is -0.493 e. The highest BCUT2D eigenvalue weighted by molar-refractivity contribution is 7.89. The Morgan fingerprint density at radius 2 is 2.12 bits per heavy atom. The third-order valence-corrected chi connectivity index (χ3v) is 5.69. The molecule has 0 atom stereocenters. The van der Waals surface area contributed by atoms with Crippen molar-refractivity contribution in [2.75, 3.05) is 13.2 Å². The average molecular weight is 368 g/mol. The summed E-state index contributed by atoms with van der Waals surface area (Å²) in [5, 5.41) is 1.99. The van der Waals surface area contributed by atoms with Gasteiger partial charge in [-0.3, -0.25) is 4.79 Å². The first-order valence-corrected chi connectivity index (χ1v) is 9.89. The molecule has 0 saturated carbocycles. The number of aryl methyl sites for hydroxylation is 1. The first-order chi connectivity index (χ1) is 11.4. The maximum absolute atomic E-state index is 12.3. The number of carbonyl (C=O) groups excluding carboxylic acids is 1. The van der Waals surface area contributed by atoms with Gasteiger partial charge in [0.25, 0.3) is 5.91 Å². The van der Waals surface area contributed by atoms with Gasteiger partial charge in [0.2, 0.25) is 10.0 Å². The number of sulfonamides is 1. The number of nitrogens with one attached hydrogen (secondary N) is 1. The fourth-order valence-electron chi connectivity index (χ4n) is 2.16. The SMILES string of the molecule is CCOc1ccc(S(=O)(=O)NCCCc2cccs2)cc1C(N)=O. The third-order valence-electron chi connectivity index (χ3n) is 3.30. The monoisotopic (exact) mass is 368 g/mol. The van der Waals surface area contributed by atoms with Gasteiger partial charge in [-0.15, -0.1) is 11.3 Å². The standard InChI is InChI=1S/C16H20N2O4S2/c1-2-22-15-8-7-13(11-14(15)16(17)19)24(20,21)18-9-3-5-12-6-4-10-23-12/h4,6-8,10-11,18H,2-3,5,9H2,1H3,(H2,17,19). The molecule has 0 aliphatic carbocycles. The Kier molecular flexibility index (Phi) is 6.36. The van der Waals surface area contributed by atoms with Crippen molar-refractivity contribution in [1.82, 2.24) is 4.72 Å². The van der Waals surface area contributed by atoms with Crippen molar-refractivity contribution >= 4 is 27.3 Å². The van der Waals surface area contributed by atoms with E-state index in [0.29, 0.717) is 19.6 Å². The van der Waals surface area contributed by atoms with Crippen LogP contribution in [0.1, 0.15) is 28.6 Å². The molecule has 2 aromatic rings. The van der Waals surface area contributed by atoms with Crippen LogP contribution in [0.4, 0.5) is 0 Å². The number of hydrogen-bond donors (Lipinski definition) is 2. The van der Waals surface area contributed by atoms with Crippen LogP contribution in [0.5, 0.6) is 5.75 Å². The van der Waals surface area contributed by atoms with E-state index in [1.54, 1.807) is 18.3 Å². The molecular formula is C16H20N2O4S2. The minimum atomic E-state index is -3.70. The van der Waals surface area contributed by atoms with Crippen LogP contribution in [0.15, 0.2) is 40.6 Å². The van der Waals surface area contributed by atoms with E-state index in [4.69, 9.17) is 10.5 Å². The average Bonchev–Trinajstić information content (AvgIpc) is 3.05. The Morgan fingerprint density at radius 3 is 2.75 bits per heavy atom. The van der Waals surface area contributed by atoms with E-state index in [1.165, 1.54) is 23.1 Å². The van der Waals surface area contributed by atoms with E-state index >= 15 is 0 Å². The summed E-state index contributed by atoms with van der Waals surface area (Å²) in [5.74, 6) is -0.449. The molecule has 24 heavy (non-hydrogen) atoms. The molecule has 0 spiro atoms. The number of primary amides is 1. The second-order valence-corrected chi connectivity index (χ2v) is 7.84. The molecule has 0 aliphatic rings. The molecule has 1 aromatic carbocycles. The Balaban J connectivity index is 2.05. The zero-order valence-corrected chi connectivity index (χ0v) is 15.0. The van der Waals surface area contributed by atoms with Crippen molar-refractivity contribution in [3.63, 3.8) is 0 Å². The highest BCUT2D eigenvalue weighted by Gasteiger charge is 2.18. The minimum absolute atomic E-state index is 0.00382. The molecule has 8 heteroatoms.